The second-order valence-corrected chi connectivity index (χ2v) is 4.82. The maximum atomic E-state index is 5.31. The Kier molecular flexibility index (Phi) is 3.56. The Labute approximate surface area is 119 Å². The van der Waals surface area contributed by atoms with Crippen molar-refractivity contribution in [3.8, 4) is 16.3 Å². The topological polar surface area (TPSA) is 60.5 Å². The molecule has 2 aromatic heterocycles. The number of aliphatic imine (C=N–C) groups is 1. The number of methoxy groups -OCH3 is 1. The van der Waals surface area contributed by atoms with Gasteiger partial charge < -0.3 is 9.15 Å². The van der Waals surface area contributed by atoms with Crippen LogP contribution >= 0.6 is 11.3 Å². The zero-order valence-corrected chi connectivity index (χ0v) is 11.5. The fraction of sp³-hybridized carbons (Fsp3) is 0.0714. The number of para-hydroxylation sites is 1. The summed E-state index contributed by atoms with van der Waals surface area (Å²) in [6.07, 6.45) is 3.22. The Morgan fingerprint density at radius 3 is 2.90 bits per heavy atom. The molecule has 0 saturated carbocycles. The van der Waals surface area contributed by atoms with Gasteiger partial charge in [-0.2, -0.15) is 0 Å². The van der Waals surface area contributed by atoms with E-state index in [-0.39, 0.29) is 0 Å². The van der Waals surface area contributed by atoms with Crippen molar-refractivity contribution in [1.82, 2.24) is 10.2 Å². The fourth-order valence-corrected chi connectivity index (χ4v) is 2.40. The van der Waals surface area contributed by atoms with E-state index in [2.05, 4.69) is 15.2 Å². The molecule has 0 spiro atoms. The Balaban J connectivity index is 1.87. The van der Waals surface area contributed by atoms with Crippen LogP contribution in [0.15, 0.2) is 52.1 Å². The monoisotopic (exact) mass is 285 g/mol. The number of benzene rings is 1. The van der Waals surface area contributed by atoms with E-state index in [1.807, 2.05) is 36.4 Å². The third-order valence-corrected chi connectivity index (χ3v) is 3.46. The summed E-state index contributed by atoms with van der Waals surface area (Å²) in [7, 11) is 1.63. The van der Waals surface area contributed by atoms with Crippen molar-refractivity contribution in [1.29, 1.82) is 0 Å². The molecule has 0 atom stereocenters. The SMILES string of the molecule is COc1ccccc1-c1nnc(/N=C/c2ccco2)s1. The molecule has 0 aliphatic heterocycles. The molecule has 0 fully saturated rings. The van der Waals surface area contributed by atoms with E-state index >= 15 is 0 Å². The predicted octanol–water partition coefficient (Wildman–Crippen LogP) is 3.56. The van der Waals surface area contributed by atoms with Crippen LogP contribution in [-0.2, 0) is 0 Å². The summed E-state index contributed by atoms with van der Waals surface area (Å²) in [6.45, 7) is 0. The van der Waals surface area contributed by atoms with Gasteiger partial charge in [-0.25, -0.2) is 4.99 Å². The Morgan fingerprint density at radius 1 is 1.20 bits per heavy atom. The molecule has 0 aliphatic rings. The van der Waals surface area contributed by atoms with Gasteiger partial charge in [0.05, 0.1) is 25.2 Å². The van der Waals surface area contributed by atoms with Gasteiger partial charge in [0.2, 0.25) is 5.13 Å². The van der Waals surface area contributed by atoms with Gasteiger partial charge in [0.25, 0.3) is 0 Å². The first-order chi connectivity index (χ1) is 9.86. The summed E-state index contributed by atoms with van der Waals surface area (Å²) < 4.78 is 10.5. The van der Waals surface area contributed by atoms with Crippen molar-refractivity contribution in [2.24, 2.45) is 4.99 Å². The Morgan fingerprint density at radius 2 is 2.10 bits per heavy atom. The molecule has 0 bridgehead atoms. The van der Waals surface area contributed by atoms with Gasteiger partial charge in [-0.15, -0.1) is 10.2 Å². The lowest BCUT2D eigenvalue weighted by Gasteiger charge is -2.03. The molecule has 3 aromatic rings. The van der Waals surface area contributed by atoms with Crippen molar-refractivity contribution < 1.29 is 9.15 Å². The van der Waals surface area contributed by atoms with Crippen LogP contribution in [0.25, 0.3) is 10.6 Å². The van der Waals surface area contributed by atoms with E-state index in [0.717, 1.165) is 16.3 Å². The molecule has 100 valence electrons. The molecule has 0 radical (unpaired) electrons. The summed E-state index contributed by atoms with van der Waals surface area (Å²) in [4.78, 5) is 4.24. The van der Waals surface area contributed by atoms with E-state index < -0.39 is 0 Å². The van der Waals surface area contributed by atoms with Gasteiger partial charge in [-0.1, -0.05) is 23.5 Å². The lowest BCUT2D eigenvalue weighted by Crippen LogP contribution is -1.86. The highest BCUT2D eigenvalue weighted by Crippen LogP contribution is 2.33. The summed E-state index contributed by atoms with van der Waals surface area (Å²) in [6, 6.07) is 11.3. The number of nitrogens with zero attached hydrogens (tertiary/aromatic N) is 3. The standard InChI is InChI=1S/C14H11N3O2S/c1-18-12-7-3-2-6-11(12)13-16-17-14(20-13)15-9-10-5-4-8-19-10/h2-9H,1H3/b15-9+. The van der Waals surface area contributed by atoms with Crippen molar-refractivity contribution in [2.45, 2.75) is 0 Å². The average Bonchev–Trinajstić information content (AvgIpc) is 3.16. The molecule has 3 rings (SSSR count). The predicted molar refractivity (Wildman–Crippen MR) is 77.9 cm³/mol. The quantitative estimate of drug-likeness (QED) is 0.688. The maximum Gasteiger partial charge on any atom is 0.232 e. The molecule has 0 aliphatic carbocycles. The molecular formula is C14H11N3O2S. The molecule has 6 heteroatoms. The summed E-state index contributed by atoms with van der Waals surface area (Å²) in [5.74, 6) is 1.45. The van der Waals surface area contributed by atoms with Crippen LogP contribution in [0.1, 0.15) is 5.76 Å². The molecule has 0 unspecified atom stereocenters. The minimum Gasteiger partial charge on any atom is -0.496 e. The minimum absolute atomic E-state index is 0.572. The van der Waals surface area contributed by atoms with Gasteiger partial charge in [0.15, 0.2) is 5.01 Å². The van der Waals surface area contributed by atoms with Crippen LogP contribution in [0.3, 0.4) is 0 Å². The normalized spacial score (nSPS) is 11.1. The summed E-state index contributed by atoms with van der Waals surface area (Å²) in [5.41, 5.74) is 0.909. The van der Waals surface area contributed by atoms with E-state index in [1.54, 1.807) is 19.6 Å². The van der Waals surface area contributed by atoms with Crippen LogP contribution in [-0.4, -0.2) is 23.5 Å². The summed E-state index contributed by atoms with van der Waals surface area (Å²) in [5, 5.41) is 9.52. The molecule has 0 amide bonds. The Bertz CT molecular complexity index is 720. The first kappa shape index (κ1) is 12.6. The largest absolute Gasteiger partial charge is 0.496 e. The highest BCUT2D eigenvalue weighted by atomic mass is 32.1. The highest BCUT2D eigenvalue weighted by molar-refractivity contribution is 7.18. The van der Waals surface area contributed by atoms with Gasteiger partial charge in [0, 0.05) is 0 Å². The zero-order valence-electron chi connectivity index (χ0n) is 10.7. The highest BCUT2D eigenvalue weighted by Gasteiger charge is 2.10. The maximum absolute atomic E-state index is 5.31. The van der Waals surface area contributed by atoms with Crippen LogP contribution in [0.2, 0.25) is 0 Å². The number of rotatable bonds is 4. The van der Waals surface area contributed by atoms with Gasteiger partial charge >= 0.3 is 0 Å². The summed E-state index contributed by atoms with van der Waals surface area (Å²) >= 11 is 1.40. The number of furan rings is 1. The van der Waals surface area contributed by atoms with Crippen molar-refractivity contribution in [3.05, 3.63) is 48.4 Å². The van der Waals surface area contributed by atoms with E-state index in [4.69, 9.17) is 9.15 Å². The first-order valence-electron chi connectivity index (χ1n) is 5.91. The van der Waals surface area contributed by atoms with E-state index in [9.17, 15) is 0 Å². The minimum atomic E-state index is 0.572. The van der Waals surface area contributed by atoms with E-state index in [1.165, 1.54) is 11.3 Å². The molecule has 2 heterocycles. The van der Waals surface area contributed by atoms with Crippen molar-refractivity contribution in [2.75, 3.05) is 7.11 Å². The zero-order chi connectivity index (χ0) is 13.8. The van der Waals surface area contributed by atoms with Gasteiger partial charge in [-0.05, 0) is 24.3 Å². The number of aromatic nitrogens is 2. The fourth-order valence-electron chi connectivity index (χ4n) is 1.68. The number of hydrogen-bond donors (Lipinski definition) is 0. The Hall–Kier alpha value is -2.47. The molecule has 0 N–H and O–H groups in total. The third kappa shape index (κ3) is 2.60. The lowest BCUT2D eigenvalue weighted by atomic mass is 10.2. The number of hydrogen-bond acceptors (Lipinski definition) is 6. The van der Waals surface area contributed by atoms with Crippen LogP contribution in [0.4, 0.5) is 5.13 Å². The average molecular weight is 285 g/mol. The molecule has 1 aromatic carbocycles. The third-order valence-electron chi connectivity index (χ3n) is 2.60. The second kappa shape index (κ2) is 5.66. The lowest BCUT2D eigenvalue weighted by molar-refractivity contribution is 0.416. The molecular weight excluding hydrogens is 274 g/mol. The molecule has 5 nitrogen and oxygen atoms in total. The number of ether oxygens (including phenoxy) is 1. The van der Waals surface area contributed by atoms with Gasteiger partial charge in [0.1, 0.15) is 11.5 Å². The second-order valence-electron chi connectivity index (χ2n) is 3.86. The van der Waals surface area contributed by atoms with E-state index in [0.29, 0.717) is 10.9 Å². The molecule has 20 heavy (non-hydrogen) atoms. The molecule has 0 saturated heterocycles. The van der Waals surface area contributed by atoms with Crippen LogP contribution in [0, 0.1) is 0 Å². The van der Waals surface area contributed by atoms with Crippen molar-refractivity contribution in [3.63, 3.8) is 0 Å². The van der Waals surface area contributed by atoms with Crippen LogP contribution in [0.5, 0.6) is 5.75 Å². The van der Waals surface area contributed by atoms with Gasteiger partial charge in [-0.3, -0.25) is 0 Å². The van der Waals surface area contributed by atoms with Crippen LogP contribution < -0.4 is 4.74 Å². The first-order valence-corrected chi connectivity index (χ1v) is 6.73. The smallest absolute Gasteiger partial charge is 0.232 e. The van der Waals surface area contributed by atoms with Crippen molar-refractivity contribution >= 4 is 22.7 Å².